The first-order chi connectivity index (χ1) is 12.5. The minimum atomic E-state index is -4.08. The molecule has 0 aliphatic heterocycles. The van der Waals surface area contributed by atoms with E-state index in [1.54, 1.807) is 6.92 Å². The standard InChI is InChI=1S/C16H23N3O7S/c1-5-10(2)14(16(21)26-4)17-15(20)11(3)18-27(24,25)13-8-6-12(7-9-13)19(22)23/h6-11,14,18H,5H2,1-4H3,(H,17,20)/t10?,11-,14-/m0/s1. The van der Waals surface area contributed by atoms with Crippen LogP contribution in [0.25, 0.3) is 0 Å². The summed E-state index contributed by atoms with van der Waals surface area (Å²) in [7, 11) is -2.89. The molecule has 10 nitrogen and oxygen atoms in total. The van der Waals surface area contributed by atoms with Gasteiger partial charge in [-0.2, -0.15) is 4.72 Å². The lowest BCUT2D eigenvalue weighted by atomic mass is 9.99. The van der Waals surface area contributed by atoms with Gasteiger partial charge in [0.05, 0.1) is 23.0 Å². The number of carbonyl (C=O) groups is 2. The number of carbonyl (C=O) groups excluding carboxylic acids is 2. The summed E-state index contributed by atoms with van der Waals surface area (Å²) in [6.45, 7) is 4.92. The van der Waals surface area contributed by atoms with Gasteiger partial charge in [-0.25, -0.2) is 13.2 Å². The lowest BCUT2D eigenvalue weighted by Gasteiger charge is -2.23. The number of nitro benzene ring substituents is 1. The van der Waals surface area contributed by atoms with E-state index in [9.17, 15) is 28.1 Å². The maximum absolute atomic E-state index is 12.3. The molecule has 0 saturated carbocycles. The zero-order valence-corrected chi connectivity index (χ0v) is 16.3. The fraction of sp³-hybridized carbons (Fsp3) is 0.500. The Morgan fingerprint density at radius 1 is 1.22 bits per heavy atom. The number of benzene rings is 1. The van der Waals surface area contributed by atoms with Gasteiger partial charge in [0.2, 0.25) is 15.9 Å². The zero-order valence-electron chi connectivity index (χ0n) is 15.5. The maximum atomic E-state index is 12.3. The van der Waals surface area contributed by atoms with Gasteiger partial charge in [-0.1, -0.05) is 20.3 Å². The lowest BCUT2D eigenvalue weighted by molar-refractivity contribution is -0.384. The number of nitrogens with one attached hydrogen (secondary N) is 2. The highest BCUT2D eigenvalue weighted by atomic mass is 32.2. The van der Waals surface area contributed by atoms with Gasteiger partial charge >= 0.3 is 5.97 Å². The van der Waals surface area contributed by atoms with E-state index in [0.29, 0.717) is 6.42 Å². The third-order valence-corrected chi connectivity index (χ3v) is 5.61. The highest BCUT2D eigenvalue weighted by Crippen LogP contribution is 2.16. The third-order valence-electron chi connectivity index (χ3n) is 4.05. The third kappa shape index (κ3) is 6.00. The van der Waals surface area contributed by atoms with Crippen LogP contribution in [0.4, 0.5) is 5.69 Å². The number of amides is 1. The van der Waals surface area contributed by atoms with Crippen LogP contribution in [0.5, 0.6) is 0 Å². The molecule has 11 heteroatoms. The molecule has 27 heavy (non-hydrogen) atoms. The van der Waals surface area contributed by atoms with E-state index in [1.807, 2.05) is 6.92 Å². The Morgan fingerprint density at radius 2 is 1.78 bits per heavy atom. The number of esters is 1. The highest BCUT2D eigenvalue weighted by molar-refractivity contribution is 7.89. The number of hydrogen-bond donors (Lipinski definition) is 2. The van der Waals surface area contributed by atoms with Crippen molar-refractivity contribution in [1.82, 2.24) is 10.0 Å². The molecule has 1 aromatic rings. The molecule has 1 amide bonds. The fourth-order valence-electron chi connectivity index (χ4n) is 2.18. The van der Waals surface area contributed by atoms with Crippen molar-refractivity contribution in [1.29, 1.82) is 0 Å². The van der Waals surface area contributed by atoms with Gasteiger partial charge in [0.15, 0.2) is 0 Å². The molecular formula is C16H23N3O7S. The van der Waals surface area contributed by atoms with E-state index < -0.39 is 38.9 Å². The normalized spacial score (nSPS) is 14.7. The van der Waals surface area contributed by atoms with Gasteiger partial charge in [-0.15, -0.1) is 0 Å². The predicted octanol–water partition coefficient (Wildman–Crippen LogP) is 0.965. The van der Waals surface area contributed by atoms with Gasteiger partial charge in [-0.05, 0) is 25.0 Å². The van der Waals surface area contributed by atoms with E-state index in [1.165, 1.54) is 14.0 Å². The van der Waals surface area contributed by atoms with Crippen molar-refractivity contribution < 1.29 is 27.7 Å². The molecule has 1 rings (SSSR count). The first kappa shape index (κ1) is 22.5. The summed E-state index contributed by atoms with van der Waals surface area (Å²) in [4.78, 5) is 33.9. The van der Waals surface area contributed by atoms with Gasteiger partial charge < -0.3 is 10.1 Å². The van der Waals surface area contributed by atoms with E-state index >= 15 is 0 Å². The molecule has 0 spiro atoms. The van der Waals surface area contributed by atoms with Crippen molar-refractivity contribution >= 4 is 27.6 Å². The molecular weight excluding hydrogens is 378 g/mol. The van der Waals surface area contributed by atoms with Gasteiger partial charge in [0.1, 0.15) is 6.04 Å². The number of sulfonamides is 1. The van der Waals surface area contributed by atoms with Gasteiger partial charge in [0, 0.05) is 12.1 Å². The Balaban J connectivity index is 2.88. The average molecular weight is 401 g/mol. The van der Waals surface area contributed by atoms with Crippen molar-refractivity contribution in [3.05, 3.63) is 34.4 Å². The maximum Gasteiger partial charge on any atom is 0.328 e. The van der Waals surface area contributed by atoms with Crippen LogP contribution < -0.4 is 10.0 Å². The van der Waals surface area contributed by atoms with Crippen LogP contribution in [-0.4, -0.2) is 44.4 Å². The first-order valence-corrected chi connectivity index (χ1v) is 9.66. The highest BCUT2D eigenvalue weighted by Gasteiger charge is 2.30. The Bertz CT molecular complexity index is 793. The predicted molar refractivity (Wildman–Crippen MR) is 96.3 cm³/mol. The average Bonchev–Trinajstić information content (AvgIpc) is 2.64. The zero-order chi connectivity index (χ0) is 20.8. The minimum absolute atomic E-state index is 0.208. The Kier molecular flexibility index (Phi) is 7.85. The minimum Gasteiger partial charge on any atom is -0.467 e. The molecule has 1 aromatic carbocycles. The second kappa shape index (κ2) is 9.42. The van der Waals surface area contributed by atoms with Crippen LogP contribution in [0, 0.1) is 16.0 Å². The number of ether oxygens (including phenoxy) is 1. The summed E-state index contributed by atoms with van der Waals surface area (Å²) >= 11 is 0. The summed E-state index contributed by atoms with van der Waals surface area (Å²) in [5, 5.41) is 13.1. The van der Waals surface area contributed by atoms with E-state index in [2.05, 4.69) is 14.8 Å². The summed E-state index contributed by atoms with van der Waals surface area (Å²) in [5.74, 6) is -1.53. The van der Waals surface area contributed by atoms with E-state index in [0.717, 1.165) is 24.3 Å². The molecule has 1 unspecified atom stereocenters. The summed E-state index contributed by atoms with van der Waals surface area (Å²) in [6.07, 6.45) is 0.600. The molecule has 0 fully saturated rings. The van der Waals surface area contributed by atoms with Crippen LogP contribution in [-0.2, 0) is 24.3 Å². The number of nitrogens with zero attached hydrogens (tertiary/aromatic N) is 1. The number of nitro groups is 1. The van der Waals surface area contributed by atoms with Crippen molar-refractivity contribution in [3.63, 3.8) is 0 Å². The summed E-state index contributed by atoms with van der Waals surface area (Å²) in [6, 6.07) is 2.16. The largest absolute Gasteiger partial charge is 0.467 e. The Morgan fingerprint density at radius 3 is 2.22 bits per heavy atom. The van der Waals surface area contributed by atoms with Crippen LogP contribution in [0.3, 0.4) is 0 Å². The molecule has 0 aromatic heterocycles. The molecule has 0 heterocycles. The molecule has 0 radical (unpaired) electrons. The number of methoxy groups -OCH3 is 1. The number of rotatable bonds is 9. The second-order valence-corrected chi connectivity index (χ2v) is 7.70. The molecule has 0 bridgehead atoms. The van der Waals surface area contributed by atoms with Gasteiger partial charge in [0.25, 0.3) is 5.69 Å². The monoisotopic (exact) mass is 401 g/mol. The number of hydrogen-bond acceptors (Lipinski definition) is 7. The van der Waals surface area contributed by atoms with Crippen molar-refractivity contribution in [2.75, 3.05) is 7.11 Å². The smallest absolute Gasteiger partial charge is 0.328 e. The topological polar surface area (TPSA) is 145 Å². The lowest BCUT2D eigenvalue weighted by Crippen LogP contribution is -2.52. The summed E-state index contributed by atoms with van der Waals surface area (Å²) < 4.78 is 31.5. The number of non-ortho nitro benzene ring substituents is 1. The van der Waals surface area contributed by atoms with Crippen LogP contribution in [0.1, 0.15) is 27.2 Å². The van der Waals surface area contributed by atoms with Crippen LogP contribution >= 0.6 is 0 Å². The molecule has 150 valence electrons. The van der Waals surface area contributed by atoms with Crippen LogP contribution in [0.15, 0.2) is 29.2 Å². The first-order valence-electron chi connectivity index (χ1n) is 8.18. The fourth-order valence-corrected chi connectivity index (χ4v) is 3.38. The molecule has 0 aliphatic carbocycles. The summed E-state index contributed by atoms with van der Waals surface area (Å²) in [5.41, 5.74) is -0.255. The molecule has 0 saturated heterocycles. The van der Waals surface area contributed by atoms with Crippen LogP contribution in [0.2, 0.25) is 0 Å². The van der Waals surface area contributed by atoms with E-state index in [4.69, 9.17) is 0 Å². The molecule has 2 N–H and O–H groups in total. The Hall–Kier alpha value is -2.53. The SMILES string of the molecule is CCC(C)[C@H](NC(=O)[C@H](C)NS(=O)(=O)c1ccc([N+](=O)[O-])cc1)C(=O)OC. The van der Waals surface area contributed by atoms with E-state index in [-0.39, 0.29) is 16.5 Å². The van der Waals surface area contributed by atoms with Gasteiger partial charge in [-0.3, -0.25) is 14.9 Å². The Labute approximate surface area is 157 Å². The van der Waals surface area contributed by atoms with Crippen molar-refractivity contribution in [3.8, 4) is 0 Å². The second-order valence-electron chi connectivity index (χ2n) is 5.99. The molecule has 3 atom stereocenters. The van der Waals surface area contributed by atoms with Crippen molar-refractivity contribution in [2.45, 2.75) is 44.2 Å². The van der Waals surface area contributed by atoms with Crippen molar-refractivity contribution in [2.24, 2.45) is 5.92 Å². The quantitative estimate of drug-likeness (QED) is 0.356. The molecule has 0 aliphatic rings.